The molecule has 1 unspecified atom stereocenters. The molecule has 0 radical (unpaired) electrons. The Morgan fingerprint density at radius 2 is 1.91 bits per heavy atom. The summed E-state index contributed by atoms with van der Waals surface area (Å²) in [6.07, 6.45) is 1.69. The normalized spacial score (nSPS) is 11.6. The van der Waals surface area contributed by atoms with Crippen LogP contribution in [0.3, 0.4) is 0 Å². The van der Waals surface area contributed by atoms with Crippen molar-refractivity contribution < 1.29 is 29.0 Å². The molecule has 0 saturated carbocycles. The third-order valence-corrected chi connectivity index (χ3v) is 4.68. The van der Waals surface area contributed by atoms with E-state index < -0.39 is 23.9 Å². The van der Waals surface area contributed by atoms with Crippen LogP contribution in [-0.4, -0.2) is 58.6 Å². The number of carbonyl (C=O) groups excluding carboxylic acids is 2. The molecule has 2 aromatic heterocycles. The number of rotatable bonds is 9. The van der Waals surface area contributed by atoms with Gasteiger partial charge in [0, 0.05) is 11.8 Å². The standard InChI is InChI=1S/C22H24N4O6/c1-4-32-17(27)12-23-20-18(14-7-9-15(31-3)10-8-14)25-19-16(6-5-11-26(19)20)21(28)24-13(2)22(29)30/h5-11,13,23H,4,12H2,1-3H3,(H,24,28)(H,29,30). The van der Waals surface area contributed by atoms with E-state index in [1.54, 1.807) is 48.9 Å². The van der Waals surface area contributed by atoms with Crippen LogP contribution in [-0.2, 0) is 14.3 Å². The van der Waals surface area contributed by atoms with Crippen LogP contribution in [0, 0.1) is 0 Å². The second kappa shape index (κ2) is 9.82. The molecular formula is C22H24N4O6. The van der Waals surface area contributed by atoms with Crippen LogP contribution < -0.4 is 15.4 Å². The number of carboxylic acids is 1. The predicted molar refractivity (Wildman–Crippen MR) is 117 cm³/mol. The summed E-state index contributed by atoms with van der Waals surface area (Å²) in [6, 6.07) is 9.29. The van der Waals surface area contributed by atoms with E-state index in [4.69, 9.17) is 14.6 Å². The number of fused-ring (bicyclic) bond motifs is 1. The maximum absolute atomic E-state index is 12.7. The Balaban J connectivity index is 2.08. The van der Waals surface area contributed by atoms with Crippen molar-refractivity contribution in [2.75, 3.05) is 25.6 Å². The first-order valence-corrected chi connectivity index (χ1v) is 9.94. The van der Waals surface area contributed by atoms with Crippen LogP contribution in [0.2, 0.25) is 0 Å². The van der Waals surface area contributed by atoms with Gasteiger partial charge in [-0.05, 0) is 50.2 Å². The number of esters is 1. The fourth-order valence-corrected chi connectivity index (χ4v) is 3.07. The molecular weight excluding hydrogens is 416 g/mol. The monoisotopic (exact) mass is 440 g/mol. The van der Waals surface area contributed by atoms with E-state index in [2.05, 4.69) is 15.6 Å². The van der Waals surface area contributed by atoms with Crippen LogP contribution in [0.1, 0.15) is 24.2 Å². The molecule has 0 aliphatic rings. The molecule has 1 atom stereocenters. The van der Waals surface area contributed by atoms with Gasteiger partial charge in [0.15, 0.2) is 5.65 Å². The predicted octanol–water partition coefficient (Wildman–Crippen LogP) is 2.19. The average molecular weight is 440 g/mol. The molecule has 3 aromatic rings. The van der Waals surface area contributed by atoms with Gasteiger partial charge in [-0.2, -0.15) is 0 Å². The maximum atomic E-state index is 12.7. The molecule has 0 saturated heterocycles. The molecule has 1 aromatic carbocycles. The molecule has 10 nitrogen and oxygen atoms in total. The molecule has 3 rings (SSSR count). The van der Waals surface area contributed by atoms with Gasteiger partial charge in [0.1, 0.15) is 29.8 Å². The molecule has 2 heterocycles. The van der Waals surface area contributed by atoms with Gasteiger partial charge < -0.3 is 25.2 Å². The topological polar surface area (TPSA) is 131 Å². The van der Waals surface area contributed by atoms with E-state index in [1.807, 2.05) is 12.1 Å². The highest BCUT2D eigenvalue weighted by molar-refractivity contribution is 6.02. The van der Waals surface area contributed by atoms with Crippen molar-refractivity contribution in [3.8, 4) is 17.0 Å². The number of methoxy groups -OCH3 is 1. The molecule has 1 amide bonds. The van der Waals surface area contributed by atoms with Crippen molar-refractivity contribution in [1.29, 1.82) is 0 Å². The lowest BCUT2D eigenvalue weighted by Crippen LogP contribution is -2.38. The number of pyridine rings is 1. The molecule has 3 N–H and O–H groups in total. The summed E-state index contributed by atoms with van der Waals surface area (Å²) in [4.78, 5) is 40.4. The first kappa shape index (κ1) is 22.6. The summed E-state index contributed by atoms with van der Waals surface area (Å²) in [6.45, 7) is 3.25. The van der Waals surface area contributed by atoms with Gasteiger partial charge in [-0.25, -0.2) is 4.98 Å². The number of benzene rings is 1. The zero-order valence-electron chi connectivity index (χ0n) is 17.9. The summed E-state index contributed by atoms with van der Waals surface area (Å²) in [7, 11) is 1.56. The quantitative estimate of drug-likeness (QED) is 0.432. The number of ether oxygens (including phenoxy) is 2. The first-order valence-electron chi connectivity index (χ1n) is 9.94. The molecule has 0 aliphatic heterocycles. The highest BCUT2D eigenvalue weighted by Crippen LogP contribution is 2.31. The second-order valence-corrected chi connectivity index (χ2v) is 6.84. The summed E-state index contributed by atoms with van der Waals surface area (Å²) in [5, 5.41) is 14.6. The van der Waals surface area contributed by atoms with Crippen molar-refractivity contribution >= 4 is 29.3 Å². The zero-order valence-corrected chi connectivity index (χ0v) is 17.9. The molecule has 10 heteroatoms. The summed E-state index contributed by atoms with van der Waals surface area (Å²) in [5.74, 6) is -1.01. The van der Waals surface area contributed by atoms with E-state index in [9.17, 15) is 14.4 Å². The maximum Gasteiger partial charge on any atom is 0.325 e. The Morgan fingerprint density at radius 3 is 2.53 bits per heavy atom. The summed E-state index contributed by atoms with van der Waals surface area (Å²) >= 11 is 0. The number of carboxylic acid groups (broad SMARTS) is 1. The third-order valence-electron chi connectivity index (χ3n) is 4.68. The first-order chi connectivity index (χ1) is 15.3. The van der Waals surface area contributed by atoms with E-state index in [-0.39, 0.29) is 18.7 Å². The number of carbonyl (C=O) groups is 3. The minimum Gasteiger partial charge on any atom is -0.497 e. The minimum absolute atomic E-state index is 0.0999. The van der Waals surface area contributed by atoms with Crippen LogP contribution >= 0.6 is 0 Å². The van der Waals surface area contributed by atoms with Crippen molar-refractivity contribution in [3.63, 3.8) is 0 Å². The lowest BCUT2D eigenvalue weighted by atomic mass is 10.1. The van der Waals surface area contributed by atoms with E-state index >= 15 is 0 Å². The Labute approximate surface area is 184 Å². The molecule has 168 valence electrons. The highest BCUT2D eigenvalue weighted by atomic mass is 16.5. The second-order valence-electron chi connectivity index (χ2n) is 6.84. The van der Waals surface area contributed by atoms with Gasteiger partial charge in [-0.15, -0.1) is 0 Å². The van der Waals surface area contributed by atoms with Crippen molar-refractivity contribution in [2.45, 2.75) is 19.9 Å². The Hall–Kier alpha value is -4.08. The van der Waals surface area contributed by atoms with Gasteiger partial charge in [0.05, 0.1) is 19.3 Å². The van der Waals surface area contributed by atoms with E-state index in [0.29, 0.717) is 22.9 Å². The molecule has 0 fully saturated rings. The van der Waals surface area contributed by atoms with Crippen LogP contribution in [0.25, 0.3) is 16.9 Å². The number of imidazole rings is 1. The van der Waals surface area contributed by atoms with Crippen LogP contribution in [0.5, 0.6) is 5.75 Å². The number of hydrogen-bond donors (Lipinski definition) is 3. The largest absolute Gasteiger partial charge is 0.497 e. The average Bonchev–Trinajstić information content (AvgIpc) is 3.16. The zero-order chi connectivity index (χ0) is 23.3. The number of nitrogens with one attached hydrogen (secondary N) is 2. The molecule has 0 bridgehead atoms. The number of aromatic nitrogens is 2. The molecule has 0 spiro atoms. The van der Waals surface area contributed by atoms with Gasteiger partial charge in [-0.1, -0.05) is 0 Å². The van der Waals surface area contributed by atoms with Crippen molar-refractivity contribution in [1.82, 2.24) is 14.7 Å². The summed E-state index contributed by atoms with van der Waals surface area (Å²) in [5.41, 5.74) is 1.73. The fraction of sp³-hybridized carbons (Fsp3) is 0.273. The number of anilines is 1. The van der Waals surface area contributed by atoms with Crippen molar-refractivity contribution in [2.24, 2.45) is 0 Å². The van der Waals surface area contributed by atoms with Crippen LogP contribution in [0.15, 0.2) is 42.6 Å². The Bertz CT molecular complexity index is 1140. The molecule has 0 aliphatic carbocycles. The highest BCUT2D eigenvalue weighted by Gasteiger charge is 2.22. The fourth-order valence-electron chi connectivity index (χ4n) is 3.07. The third kappa shape index (κ3) is 4.80. The number of aliphatic carboxylic acids is 1. The number of nitrogens with zero attached hydrogens (tertiary/aromatic N) is 2. The van der Waals surface area contributed by atoms with Gasteiger partial charge >= 0.3 is 11.9 Å². The van der Waals surface area contributed by atoms with Crippen molar-refractivity contribution in [3.05, 3.63) is 48.2 Å². The number of amides is 1. The lowest BCUT2D eigenvalue weighted by Gasteiger charge is -2.11. The lowest BCUT2D eigenvalue weighted by molar-refractivity contribution is -0.141. The van der Waals surface area contributed by atoms with Gasteiger partial charge in [0.25, 0.3) is 5.91 Å². The van der Waals surface area contributed by atoms with Gasteiger partial charge in [-0.3, -0.25) is 18.8 Å². The minimum atomic E-state index is -1.15. The number of hydrogen-bond acceptors (Lipinski definition) is 7. The van der Waals surface area contributed by atoms with E-state index in [0.717, 1.165) is 5.56 Å². The Kier molecular flexibility index (Phi) is 6.93. The van der Waals surface area contributed by atoms with E-state index in [1.165, 1.54) is 6.92 Å². The Morgan fingerprint density at radius 1 is 1.19 bits per heavy atom. The smallest absolute Gasteiger partial charge is 0.325 e. The molecule has 32 heavy (non-hydrogen) atoms. The summed E-state index contributed by atoms with van der Waals surface area (Å²) < 4.78 is 11.8. The van der Waals surface area contributed by atoms with Gasteiger partial charge in [0.2, 0.25) is 0 Å². The van der Waals surface area contributed by atoms with Crippen LogP contribution in [0.4, 0.5) is 5.82 Å². The SMILES string of the molecule is CCOC(=O)CNc1c(-c2ccc(OC)cc2)nc2c(C(=O)NC(C)C(=O)O)cccn12.